The van der Waals surface area contributed by atoms with Crippen LogP contribution in [0.25, 0.3) is 0 Å². The minimum absolute atomic E-state index is 0.00201. The van der Waals surface area contributed by atoms with Gasteiger partial charge in [0.1, 0.15) is 0 Å². The molecule has 0 amide bonds. The predicted octanol–water partition coefficient (Wildman–Crippen LogP) is 0.962. The Morgan fingerprint density at radius 3 is 2.53 bits per heavy atom. The summed E-state index contributed by atoms with van der Waals surface area (Å²) in [6, 6.07) is 0. The fourth-order valence-corrected chi connectivity index (χ4v) is 1.33. The molecule has 0 radical (unpaired) electrons. The number of alkyl halides is 3. The van der Waals surface area contributed by atoms with Gasteiger partial charge in [-0.2, -0.15) is 13.2 Å². The topological polar surface area (TPSA) is 54.2 Å². The second kappa shape index (κ2) is 5.97. The molecule has 0 atom stereocenters. The summed E-state index contributed by atoms with van der Waals surface area (Å²) in [6.45, 7) is 1.33. The Bertz CT molecular complexity index is 339. The summed E-state index contributed by atoms with van der Waals surface area (Å²) < 4.78 is 42.0. The second-order valence-corrected chi connectivity index (χ2v) is 3.64. The van der Waals surface area contributed by atoms with Crippen LogP contribution in [0.3, 0.4) is 0 Å². The van der Waals surface area contributed by atoms with Crippen LogP contribution in [0.2, 0.25) is 0 Å². The van der Waals surface area contributed by atoms with Crippen molar-refractivity contribution in [2.24, 2.45) is 0 Å². The van der Waals surface area contributed by atoms with Crippen LogP contribution in [-0.2, 0) is 6.54 Å². The Morgan fingerprint density at radius 2 is 2.06 bits per heavy atom. The first kappa shape index (κ1) is 13.9. The van der Waals surface area contributed by atoms with E-state index in [1.54, 1.807) is 14.0 Å². The average molecular weight is 252 g/mol. The monoisotopic (exact) mass is 252 g/mol. The van der Waals surface area contributed by atoms with E-state index in [4.69, 9.17) is 4.42 Å². The van der Waals surface area contributed by atoms with Crippen LogP contribution >= 0.6 is 0 Å². The molecule has 5 nitrogen and oxygen atoms in total. The summed E-state index contributed by atoms with van der Waals surface area (Å²) in [4.78, 5) is 1.21. The van der Waals surface area contributed by atoms with Crippen LogP contribution in [0.15, 0.2) is 4.42 Å². The molecule has 17 heavy (non-hydrogen) atoms. The van der Waals surface area contributed by atoms with Crippen LogP contribution in [0.4, 0.5) is 13.2 Å². The molecular weight excluding hydrogens is 237 g/mol. The fourth-order valence-electron chi connectivity index (χ4n) is 1.33. The first-order valence-corrected chi connectivity index (χ1v) is 5.13. The third kappa shape index (κ3) is 5.64. The van der Waals surface area contributed by atoms with Gasteiger partial charge in [-0.05, 0) is 7.05 Å². The SMILES string of the molecule is CNCCN(Cc1nnc(C)o1)CC(F)(F)F. The summed E-state index contributed by atoms with van der Waals surface area (Å²) in [7, 11) is 1.68. The minimum Gasteiger partial charge on any atom is -0.424 e. The number of hydrogen-bond donors (Lipinski definition) is 1. The molecule has 0 bridgehead atoms. The van der Waals surface area contributed by atoms with Crippen molar-refractivity contribution in [3.8, 4) is 0 Å². The van der Waals surface area contributed by atoms with Crippen molar-refractivity contribution in [3.05, 3.63) is 11.8 Å². The fraction of sp³-hybridized carbons (Fsp3) is 0.778. The number of aromatic nitrogens is 2. The molecule has 0 unspecified atom stereocenters. The summed E-state index contributed by atoms with van der Waals surface area (Å²) in [5, 5.41) is 10.1. The lowest BCUT2D eigenvalue weighted by molar-refractivity contribution is -0.147. The molecule has 0 saturated carbocycles. The normalized spacial score (nSPS) is 12.4. The molecule has 0 aliphatic carbocycles. The molecule has 98 valence electrons. The summed E-state index contributed by atoms with van der Waals surface area (Å²) >= 11 is 0. The molecule has 1 N–H and O–H groups in total. The molecule has 0 aliphatic rings. The number of nitrogens with one attached hydrogen (secondary N) is 1. The lowest BCUT2D eigenvalue weighted by Crippen LogP contribution is -2.37. The largest absolute Gasteiger partial charge is 0.424 e. The van der Waals surface area contributed by atoms with Crippen molar-refractivity contribution in [1.82, 2.24) is 20.4 Å². The van der Waals surface area contributed by atoms with E-state index >= 15 is 0 Å². The third-order valence-electron chi connectivity index (χ3n) is 2.01. The zero-order chi connectivity index (χ0) is 12.9. The molecule has 0 aromatic carbocycles. The smallest absolute Gasteiger partial charge is 0.401 e. The highest BCUT2D eigenvalue weighted by Crippen LogP contribution is 2.17. The molecule has 1 aromatic rings. The second-order valence-electron chi connectivity index (χ2n) is 3.64. The number of aryl methyl sites for hydroxylation is 1. The van der Waals surface area contributed by atoms with Crippen LogP contribution in [0.1, 0.15) is 11.8 Å². The molecule has 8 heteroatoms. The van der Waals surface area contributed by atoms with Crippen molar-refractivity contribution < 1.29 is 17.6 Å². The van der Waals surface area contributed by atoms with Gasteiger partial charge in [0.15, 0.2) is 0 Å². The standard InChI is InChI=1S/C9H15F3N4O/c1-7-14-15-8(17-7)5-16(4-3-13-2)6-9(10,11)12/h13H,3-6H2,1-2H3. The molecular formula is C9H15F3N4O. The Kier molecular flexibility index (Phi) is 4.88. The summed E-state index contributed by atoms with van der Waals surface area (Å²) in [5.41, 5.74) is 0. The Balaban J connectivity index is 2.56. The van der Waals surface area contributed by atoms with E-state index in [0.29, 0.717) is 12.4 Å². The van der Waals surface area contributed by atoms with E-state index in [0.717, 1.165) is 0 Å². The maximum atomic E-state index is 12.3. The van der Waals surface area contributed by atoms with E-state index in [-0.39, 0.29) is 19.0 Å². The zero-order valence-electron chi connectivity index (χ0n) is 9.71. The number of likely N-dealkylation sites (N-methyl/N-ethyl adjacent to an activating group) is 1. The molecule has 0 saturated heterocycles. The van der Waals surface area contributed by atoms with E-state index in [1.807, 2.05) is 0 Å². The average Bonchev–Trinajstić information content (AvgIpc) is 2.58. The van der Waals surface area contributed by atoms with E-state index in [2.05, 4.69) is 15.5 Å². The number of nitrogens with zero attached hydrogens (tertiary/aromatic N) is 3. The lowest BCUT2D eigenvalue weighted by atomic mass is 10.4. The van der Waals surface area contributed by atoms with Gasteiger partial charge in [0.2, 0.25) is 11.8 Å². The maximum Gasteiger partial charge on any atom is 0.401 e. The van der Waals surface area contributed by atoms with Crippen LogP contribution in [0.5, 0.6) is 0 Å². The van der Waals surface area contributed by atoms with Crippen LogP contribution in [-0.4, -0.2) is 48.0 Å². The van der Waals surface area contributed by atoms with Gasteiger partial charge in [-0.25, -0.2) is 0 Å². The summed E-state index contributed by atoms with van der Waals surface area (Å²) in [6.07, 6.45) is -4.23. The number of hydrogen-bond acceptors (Lipinski definition) is 5. The highest BCUT2D eigenvalue weighted by Gasteiger charge is 2.31. The van der Waals surface area contributed by atoms with Gasteiger partial charge >= 0.3 is 6.18 Å². The van der Waals surface area contributed by atoms with Crippen molar-refractivity contribution in [2.45, 2.75) is 19.6 Å². The molecule has 1 rings (SSSR count). The van der Waals surface area contributed by atoms with Gasteiger partial charge in [-0.15, -0.1) is 10.2 Å². The first-order chi connectivity index (χ1) is 7.90. The molecule has 1 aromatic heterocycles. The van der Waals surface area contributed by atoms with Gasteiger partial charge in [-0.3, -0.25) is 4.90 Å². The van der Waals surface area contributed by atoms with E-state index in [1.165, 1.54) is 4.90 Å². The number of rotatable bonds is 6. The molecule has 0 fully saturated rings. The highest BCUT2D eigenvalue weighted by molar-refractivity contribution is 4.80. The lowest BCUT2D eigenvalue weighted by Gasteiger charge is -2.21. The van der Waals surface area contributed by atoms with Gasteiger partial charge < -0.3 is 9.73 Å². The molecule has 0 aliphatic heterocycles. The van der Waals surface area contributed by atoms with Crippen molar-refractivity contribution in [3.63, 3.8) is 0 Å². The summed E-state index contributed by atoms with van der Waals surface area (Å²) in [5.74, 6) is 0.545. The van der Waals surface area contributed by atoms with E-state index < -0.39 is 12.7 Å². The quantitative estimate of drug-likeness (QED) is 0.817. The van der Waals surface area contributed by atoms with Crippen molar-refractivity contribution in [1.29, 1.82) is 0 Å². The van der Waals surface area contributed by atoms with Crippen molar-refractivity contribution in [2.75, 3.05) is 26.7 Å². The van der Waals surface area contributed by atoms with Gasteiger partial charge in [0.05, 0.1) is 13.1 Å². The van der Waals surface area contributed by atoms with Crippen LogP contribution in [0, 0.1) is 6.92 Å². The minimum atomic E-state index is -4.23. The molecule has 0 spiro atoms. The van der Waals surface area contributed by atoms with Gasteiger partial charge in [-0.1, -0.05) is 0 Å². The molecule has 1 heterocycles. The first-order valence-electron chi connectivity index (χ1n) is 5.13. The third-order valence-corrected chi connectivity index (χ3v) is 2.01. The number of halogens is 3. The highest BCUT2D eigenvalue weighted by atomic mass is 19.4. The van der Waals surface area contributed by atoms with Crippen molar-refractivity contribution >= 4 is 0 Å². The van der Waals surface area contributed by atoms with E-state index in [9.17, 15) is 13.2 Å². The maximum absolute atomic E-state index is 12.3. The predicted molar refractivity (Wildman–Crippen MR) is 54.3 cm³/mol. The van der Waals surface area contributed by atoms with Crippen LogP contribution < -0.4 is 5.32 Å². The zero-order valence-corrected chi connectivity index (χ0v) is 9.71. The van der Waals surface area contributed by atoms with Gasteiger partial charge in [0, 0.05) is 20.0 Å². The van der Waals surface area contributed by atoms with Gasteiger partial charge in [0.25, 0.3) is 0 Å². The Labute approximate surface area is 97.0 Å². The Hall–Kier alpha value is -1.15. The Morgan fingerprint density at radius 1 is 1.35 bits per heavy atom.